The molecule has 2 rings (SSSR count). The molecule has 140 valence electrons. The van der Waals surface area contributed by atoms with Crippen molar-refractivity contribution in [3.05, 3.63) is 23.9 Å². The summed E-state index contributed by atoms with van der Waals surface area (Å²) in [6.45, 7) is 12.6. The molecule has 2 amide bonds. The minimum atomic E-state index is -0.143. The summed E-state index contributed by atoms with van der Waals surface area (Å²) in [5.41, 5.74) is 1.02. The first-order valence-corrected chi connectivity index (χ1v) is 9.18. The SMILES string of the molecule is CCN(CC)[C@@H](C)CNC(=O)NCc1cccnc1N1CCOCC1. The van der Waals surface area contributed by atoms with Crippen LogP contribution in [0.5, 0.6) is 0 Å². The highest BCUT2D eigenvalue weighted by Crippen LogP contribution is 2.18. The van der Waals surface area contributed by atoms with Crippen molar-refractivity contribution in [2.24, 2.45) is 0 Å². The van der Waals surface area contributed by atoms with E-state index in [1.807, 2.05) is 12.1 Å². The van der Waals surface area contributed by atoms with E-state index in [-0.39, 0.29) is 6.03 Å². The monoisotopic (exact) mass is 349 g/mol. The van der Waals surface area contributed by atoms with E-state index in [2.05, 4.69) is 46.2 Å². The molecule has 0 aromatic carbocycles. The first-order valence-electron chi connectivity index (χ1n) is 9.18. The Morgan fingerprint density at radius 3 is 2.72 bits per heavy atom. The summed E-state index contributed by atoms with van der Waals surface area (Å²) in [6.07, 6.45) is 1.79. The molecule has 2 N–H and O–H groups in total. The van der Waals surface area contributed by atoms with E-state index in [0.717, 1.165) is 37.6 Å². The van der Waals surface area contributed by atoms with Crippen LogP contribution < -0.4 is 15.5 Å². The van der Waals surface area contributed by atoms with Gasteiger partial charge in [0.05, 0.1) is 13.2 Å². The van der Waals surface area contributed by atoms with Gasteiger partial charge in [0, 0.05) is 44.0 Å². The Labute approximate surface area is 150 Å². The maximum Gasteiger partial charge on any atom is 0.315 e. The molecule has 0 saturated carbocycles. The van der Waals surface area contributed by atoms with Gasteiger partial charge >= 0.3 is 6.03 Å². The molecule has 0 radical (unpaired) electrons. The van der Waals surface area contributed by atoms with Crippen molar-refractivity contribution in [3.63, 3.8) is 0 Å². The standard InChI is InChI=1S/C18H31N5O2/c1-4-22(5-2)15(3)13-20-18(24)21-14-16-7-6-8-19-17(16)23-9-11-25-12-10-23/h6-8,15H,4-5,9-14H2,1-3H3,(H2,20,21,24)/t15-/m0/s1. The van der Waals surface area contributed by atoms with Gasteiger partial charge in [-0.1, -0.05) is 19.9 Å². The number of likely N-dealkylation sites (N-methyl/N-ethyl adjacent to an activating group) is 1. The number of hydrogen-bond donors (Lipinski definition) is 2. The molecule has 1 atom stereocenters. The fourth-order valence-electron chi connectivity index (χ4n) is 3.08. The van der Waals surface area contributed by atoms with Gasteiger partial charge in [0.2, 0.25) is 0 Å². The predicted molar refractivity (Wildman–Crippen MR) is 99.9 cm³/mol. The highest BCUT2D eigenvalue weighted by atomic mass is 16.5. The van der Waals surface area contributed by atoms with Gasteiger partial charge in [-0.15, -0.1) is 0 Å². The number of amides is 2. The lowest BCUT2D eigenvalue weighted by Crippen LogP contribution is -2.45. The zero-order valence-corrected chi connectivity index (χ0v) is 15.6. The third-order valence-electron chi connectivity index (χ3n) is 4.61. The molecular weight excluding hydrogens is 318 g/mol. The third kappa shape index (κ3) is 5.86. The van der Waals surface area contributed by atoms with Gasteiger partial charge in [-0.3, -0.25) is 4.90 Å². The molecular formula is C18H31N5O2. The highest BCUT2D eigenvalue weighted by molar-refractivity contribution is 5.74. The molecule has 1 fully saturated rings. The van der Waals surface area contributed by atoms with Crippen LogP contribution in [0.3, 0.4) is 0 Å². The number of rotatable bonds is 8. The predicted octanol–water partition coefficient (Wildman–Crippen LogP) is 1.45. The van der Waals surface area contributed by atoms with Crippen molar-refractivity contribution in [2.75, 3.05) is 50.8 Å². The topological polar surface area (TPSA) is 69.7 Å². The van der Waals surface area contributed by atoms with Gasteiger partial charge in [0.1, 0.15) is 5.82 Å². The van der Waals surface area contributed by atoms with Crippen molar-refractivity contribution in [3.8, 4) is 0 Å². The van der Waals surface area contributed by atoms with Gasteiger partial charge < -0.3 is 20.3 Å². The summed E-state index contributed by atoms with van der Waals surface area (Å²) in [5, 5.41) is 5.90. The van der Waals surface area contributed by atoms with Crippen LogP contribution in [0.15, 0.2) is 18.3 Å². The number of carbonyl (C=O) groups is 1. The molecule has 0 unspecified atom stereocenters. The van der Waals surface area contributed by atoms with Crippen molar-refractivity contribution in [2.45, 2.75) is 33.4 Å². The molecule has 1 saturated heterocycles. The zero-order chi connectivity index (χ0) is 18.1. The van der Waals surface area contributed by atoms with Gasteiger partial charge in [-0.25, -0.2) is 9.78 Å². The molecule has 1 aliphatic rings. The van der Waals surface area contributed by atoms with Crippen LogP contribution in [-0.2, 0) is 11.3 Å². The average Bonchev–Trinajstić information content (AvgIpc) is 2.66. The van der Waals surface area contributed by atoms with E-state index in [9.17, 15) is 4.79 Å². The van der Waals surface area contributed by atoms with Crippen molar-refractivity contribution >= 4 is 11.8 Å². The number of nitrogens with zero attached hydrogens (tertiary/aromatic N) is 3. The molecule has 2 heterocycles. The fraction of sp³-hybridized carbons (Fsp3) is 0.667. The number of anilines is 1. The highest BCUT2D eigenvalue weighted by Gasteiger charge is 2.16. The molecule has 7 nitrogen and oxygen atoms in total. The smallest absolute Gasteiger partial charge is 0.315 e. The second-order valence-electron chi connectivity index (χ2n) is 6.22. The van der Waals surface area contributed by atoms with Crippen molar-refractivity contribution in [1.29, 1.82) is 0 Å². The number of ether oxygens (including phenoxy) is 1. The van der Waals surface area contributed by atoms with E-state index in [1.165, 1.54) is 0 Å². The number of aromatic nitrogens is 1. The van der Waals surface area contributed by atoms with E-state index >= 15 is 0 Å². The Morgan fingerprint density at radius 2 is 2.04 bits per heavy atom. The minimum Gasteiger partial charge on any atom is -0.378 e. The largest absolute Gasteiger partial charge is 0.378 e. The summed E-state index contributed by atoms with van der Waals surface area (Å²) in [5.74, 6) is 0.933. The number of hydrogen-bond acceptors (Lipinski definition) is 5. The van der Waals surface area contributed by atoms with Crippen LogP contribution in [0.25, 0.3) is 0 Å². The number of carbonyl (C=O) groups excluding carboxylic acids is 1. The molecule has 7 heteroatoms. The number of pyridine rings is 1. The minimum absolute atomic E-state index is 0.143. The maximum absolute atomic E-state index is 12.1. The van der Waals surface area contributed by atoms with Crippen LogP contribution in [0.2, 0.25) is 0 Å². The Morgan fingerprint density at radius 1 is 1.32 bits per heavy atom. The summed E-state index contributed by atoms with van der Waals surface area (Å²) >= 11 is 0. The van der Waals surface area contributed by atoms with E-state index in [0.29, 0.717) is 32.3 Å². The Balaban J connectivity index is 1.83. The van der Waals surface area contributed by atoms with Crippen LogP contribution >= 0.6 is 0 Å². The quantitative estimate of drug-likeness (QED) is 0.743. The second-order valence-corrected chi connectivity index (χ2v) is 6.22. The fourth-order valence-corrected chi connectivity index (χ4v) is 3.08. The van der Waals surface area contributed by atoms with Gasteiger partial charge in [-0.2, -0.15) is 0 Å². The van der Waals surface area contributed by atoms with Crippen molar-refractivity contribution < 1.29 is 9.53 Å². The van der Waals surface area contributed by atoms with Gasteiger partial charge in [-0.05, 0) is 26.1 Å². The average molecular weight is 349 g/mol. The summed E-state index contributed by atoms with van der Waals surface area (Å²) in [7, 11) is 0. The van der Waals surface area contributed by atoms with Crippen LogP contribution in [0.4, 0.5) is 10.6 Å². The van der Waals surface area contributed by atoms with Gasteiger partial charge in [0.15, 0.2) is 0 Å². The van der Waals surface area contributed by atoms with Crippen LogP contribution in [-0.4, -0.2) is 67.9 Å². The third-order valence-corrected chi connectivity index (χ3v) is 4.61. The zero-order valence-electron chi connectivity index (χ0n) is 15.6. The summed E-state index contributed by atoms with van der Waals surface area (Å²) in [4.78, 5) is 21.1. The normalized spacial score (nSPS) is 15.9. The van der Waals surface area contributed by atoms with Crippen LogP contribution in [0, 0.1) is 0 Å². The lowest BCUT2D eigenvalue weighted by atomic mass is 10.2. The first kappa shape index (κ1) is 19.5. The lowest BCUT2D eigenvalue weighted by molar-refractivity contribution is 0.122. The molecule has 0 bridgehead atoms. The van der Waals surface area contributed by atoms with E-state index in [1.54, 1.807) is 6.20 Å². The molecule has 0 aliphatic carbocycles. The number of nitrogens with one attached hydrogen (secondary N) is 2. The van der Waals surface area contributed by atoms with Crippen molar-refractivity contribution in [1.82, 2.24) is 20.5 Å². The van der Waals surface area contributed by atoms with E-state index in [4.69, 9.17) is 4.74 Å². The second kappa shape index (κ2) is 10.2. The molecule has 1 aromatic heterocycles. The summed E-state index contributed by atoms with van der Waals surface area (Å²) < 4.78 is 5.40. The number of urea groups is 1. The lowest BCUT2D eigenvalue weighted by Gasteiger charge is -2.29. The Bertz CT molecular complexity index is 530. The van der Waals surface area contributed by atoms with Crippen LogP contribution in [0.1, 0.15) is 26.3 Å². The molecule has 1 aromatic rings. The molecule has 1 aliphatic heterocycles. The molecule has 0 spiro atoms. The Hall–Kier alpha value is -1.86. The maximum atomic E-state index is 12.1. The Kier molecular flexibility index (Phi) is 7.94. The van der Waals surface area contributed by atoms with E-state index < -0.39 is 0 Å². The first-order chi connectivity index (χ1) is 12.2. The summed E-state index contributed by atoms with van der Waals surface area (Å²) in [6, 6.07) is 4.09. The number of morpholine rings is 1. The van der Waals surface area contributed by atoms with Gasteiger partial charge in [0.25, 0.3) is 0 Å². The molecule has 25 heavy (non-hydrogen) atoms.